The van der Waals surface area contributed by atoms with Gasteiger partial charge in [-0.15, -0.1) is 0 Å². The molecular formula is C25H34N4O3. The molecule has 1 amide bonds. The van der Waals surface area contributed by atoms with Crippen molar-refractivity contribution in [2.75, 3.05) is 33.9 Å². The maximum atomic E-state index is 11.8. The Hall–Kier alpha value is -2.90. The van der Waals surface area contributed by atoms with Gasteiger partial charge in [-0.05, 0) is 48.1 Å². The summed E-state index contributed by atoms with van der Waals surface area (Å²) in [6.45, 7) is 3.61. The zero-order chi connectivity index (χ0) is 22.6. The van der Waals surface area contributed by atoms with Gasteiger partial charge in [-0.1, -0.05) is 36.4 Å². The van der Waals surface area contributed by atoms with Crippen molar-refractivity contribution >= 4 is 11.9 Å². The number of benzene rings is 2. The lowest BCUT2D eigenvalue weighted by molar-refractivity contribution is -0.0390. The summed E-state index contributed by atoms with van der Waals surface area (Å²) in [6.07, 6.45) is 3.04. The Morgan fingerprint density at radius 1 is 1.06 bits per heavy atom. The lowest BCUT2D eigenvalue weighted by Gasteiger charge is -2.22. The molecule has 0 aromatic heterocycles. The minimum atomic E-state index is -0.0716. The maximum absolute atomic E-state index is 11.8. The Morgan fingerprint density at radius 2 is 1.81 bits per heavy atom. The van der Waals surface area contributed by atoms with Crippen molar-refractivity contribution in [3.63, 3.8) is 0 Å². The van der Waals surface area contributed by atoms with Crippen molar-refractivity contribution in [3.05, 3.63) is 70.8 Å². The van der Waals surface area contributed by atoms with Gasteiger partial charge in [0.2, 0.25) is 0 Å². The molecule has 0 saturated carbocycles. The molecule has 3 N–H and O–H groups in total. The molecule has 1 heterocycles. The van der Waals surface area contributed by atoms with Gasteiger partial charge < -0.3 is 25.4 Å². The summed E-state index contributed by atoms with van der Waals surface area (Å²) in [4.78, 5) is 16.1. The van der Waals surface area contributed by atoms with Crippen LogP contribution in [-0.2, 0) is 29.0 Å². The standard InChI is InChI=1S/C25H34N4O3/c1-26-24(30)22-8-4-5-19(16-22)9-12-28-25(27-2)29-17-20-6-3-7-21(15-20)18-32-23-10-13-31-14-11-23/h3-8,15-16,23H,9-14,17-18H2,1-2H3,(H,26,30)(H2,27,28,29). The predicted octanol–water partition coefficient (Wildman–Crippen LogP) is 2.65. The number of amides is 1. The van der Waals surface area contributed by atoms with E-state index >= 15 is 0 Å². The summed E-state index contributed by atoms with van der Waals surface area (Å²) in [5.41, 5.74) is 4.13. The first-order valence-corrected chi connectivity index (χ1v) is 11.2. The molecule has 1 fully saturated rings. The third-order valence-electron chi connectivity index (χ3n) is 5.45. The van der Waals surface area contributed by atoms with Crippen LogP contribution in [0, 0.1) is 0 Å². The van der Waals surface area contributed by atoms with Crippen LogP contribution in [0.4, 0.5) is 0 Å². The third-order valence-corrected chi connectivity index (χ3v) is 5.45. The quantitative estimate of drug-likeness (QED) is 0.414. The fourth-order valence-corrected chi connectivity index (χ4v) is 3.63. The van der Waals surface area contributed by atoms with Crippen LogP contribution in [0.15, 0.2) is 53.5 Å². The first-order valence-electron chi connectivity index (χ1n) is 11.2. The number of carbonyl (C=O) groups is 1. The molecule has 172 valence electrons. The summed E-state index contributed by atoms with van der Waals surface area (Å²) >= 11 is 0. The van der Waals surface area contributed by atoms with E-state index < -0.39 is 0 Å². The van der Waals surface area contributed by atoms with Crippen LogP contribution in [0.3, 0.4) is 0 Å². The lowest BCUT2D eigenvalue weighted by Crippen LogP contribution is -2.37. The number of aliphatic imine (C=N–C) groups is 1. The zero-order valence-corrected chi connectivity index (χ0v) is 19.0. The molecule has 1 aliphatic heterocycles. The Morgan fingerprint density at radius 3 is 2.59 bits per heavy atom. The highest BCUT2D eigenvalue weighted by Crippen LogP contribution is 2.14. The first kappa shape index (κ1) is 23.8. The predicted molar refractivity (Wildman–Crippen MR) is 127 cm³/mol. The van der Waals surface area contributed by atoms with E-state index in [1.54, 1.807) is 14.1 Å². The average Bonchev–Trinajstić information content (AvgIpc) is 2.85. The van der Waals surface area contributed by atoms with Gasteiger partial charge in [0.1, 0.15) is 0 Å². The van der Waals surface area contributed by atoms with Gasteiger partial charge in [0.05, 0.1) is 12.7 Å². The molecule has 1 aliphatic rings. The minimum Gasteiger partial charge on any atom is -0.381 e. The number of rotatable bonds is 9. The third kappa shape index (κ3) is 7.66. The Kier molecular flexibility index (Phi) is 9.53. The highest BCUT2D eigenvalue weighted by atomic mass is 16.5. The number of hydrogen-bond acceptors (Lipinski definition) is 4. The zero-order valence-electron chi connectivity index (χ0n) is 19.0. The highest BCUT2D eigenvalue weighted by Gasteiger charge is 2.14. The van der Waals surface area contributed by atoms with E-state index in [1.807, 2.05) is 24.3 Å². The largest absolute Gasteiger partial charge is 0.381 e. The Bertz CT molecular complexity index is 894. The number of guanidine groups is 1. The molecule has 0 spiro atoms. The van der Waals surface area contributed by atoms with Gasteiger partial charge in [0.25, 0.3) is 5.91 Å². The van der Waals surface area contributed by atoms with E-state index in [1.165, 1.54) is 11.1 Å². The number of nitrogens with zero attached hydrogens (tertiary/aromatic N) is 1. The highest BCUT2D eigenvalue weighted by molar-refractivity contribution is 5.94. The molecule has 0 radical (unpaired) electrons. The first-order chi connectivity index (χ1) is 15.7. The molecule has 0 atom stereocenters. The number of nitrogens with one attached hydrogen (secondary N) is 3. The van der Waals surface area contributed by atoms with Crippen molar-refractivity contribution in [3.8, 4) is 0 Å². The van der Waals surface area contributed by atoms with E-state index in [4.69, 9.17) is 9.47 Å². The van der Waals surface area contributed by atoms with Crippen LogP contribution >= 0.6 is 0 Å². The second-order valence-electron chi connectivity index (χ2n) is 7.82. The molecular weight excluding hydrogens is 404 g/mol. The van der Waals surface area contributed by atoms with Gasteiger partial charge >= 0.3 is 0 Å². The fraction of sp³-hybridized carbons (Fsp3) is 0.440. The van der Waals surface area contributed by atoms with Crippen LogP contribution < -0.4 is 16.0 Å². The SMILES string of the molecule is CN=C(NCCc1cccc(C(=O)NC)c1)NCc1cccc(COC2CCOCC2)c1. The van der Waals surface area contributed by atoms with Gasteiger partial charge in [-0.2, -0.15) is 0 Å². The normalized spacial score (nSPS) is 14.8. The minimum absolute atomic E-state index is 0.0716. The van der Waals surface area contributed by atoms with Crippen molar-refractivity contribution in [2.24, 2.45) is 4.99 Å². The van der Waals surface area contributed by atoms with Gasteiger partial charge in [-0.3, -0.25) is 9.79 Å². The van der Waals surface area contributed by atoms with E-state index in [2.05, 4.69) is 45.2 Å². The fourth-order valence-electron chi connectivity index (χ4n) is 3.63. The van der Waals surface area contributed by atoms with E-state index in [0.29, 0.717) is 24.8 Å². The van der Waals surface area contributed by atoms with Crippen LogP contribution in [0.25, 0.3) is 0 Å². The van der Waals surface area contributed by atoms with Crippen molar-refractivity contribution in [1.82, 2.24) is 16.0 Å². The average molecular weight is 439 g/mol. The second-order valence-corrected chi connectivity index (χ2v) is 7.82. The topological polar surface area (TPSA) is 84.0 Å². The Labute approximate surface area is 190 Å². The summed E-state index contributed by atoms with van der Waals surface area (Å²) in [5, 5.41) is 9.35. The number of hydrogen-bond donors (Lipinski definition) is 3. The van der Waals surface area contributed by atoms with Crippen LogP contribution in [0.5, 0.6) is 0 Å². The molecule has 0 bridgehead atoms. The monoisotopic (exact) mass is 438 g/mol. The van der Waals surface area contributed by atoms with Crippen molar-refractivity contribution in [1.29, 1.82) is 0 Å². The molecule has 2 aromatic carbocycles. The maximum Gasteiger partial charge on any atom is 0.251 e. The molecule has 3 rings (SSSR count). The smallest absolute Gasteiger partial charge is 0.251 e. The summed E-state index contributed by atoms with van der Waals surface area (Å²) in [5.74, 6) is 0.675. The van der Waals surface area contributed by atoms with Crippen molar-refractivity contribution in [2.45, 2.75) is 38.5 Å². The molecule has 7 nitrogen and oxygen atoms in total. The van der Waals surface area contributed by atoms with Crippen molar-refractivity contribution < 1.29 is 14.3 Å². The molecule has 32 heavy (non-hydrogen) atoms. The van der Waals surface area contributed by atoms with Gasteiger partial charge in [-0.25, -0.2) is 0 Å². The number of carbonyl (C=O) groups excluding carboxylic acids is 1. The van der Waals surface area contributed by atoms with E-state index in [-0.39, 0.29) is 5.91 Å². The molecule has 0 unspecified atom stereocenters. The van der Waals surface area contributed by atoms with Gasteiger partial charge in [0, 0.05) is 46.0 Å². The summed E-state index contributed by atoms with van der Waals surface area (Å²) in [6, 6.07) is 16.1. The second kappa shape index (κ2) is 12.8. The van der Waals surface area contributed by atoms with E-state index in [0.717, 1.165) is 50.5 Å². The molecule has 1 saturated heterocycles. The molecule has 0 aliphatic carbocycles. The molecule has 2 aromatic rings. The summed E-state index contributed by atoms with van der Waals surface area (Å²) < 4.78 is 11.4. The Balaban J connectivity index is 1.42. The molecule has 7 heteroatoms. The van der Waals surface area contributed by atoms with Crippen LogP contribution in [0.2, 0.25) is 0 Å². The number of ether oxygens (including phenoxy) is 2. The van der Waals surface area contributed by atoms with E-state index in [9.17, 15) is 4.79 Å². The van der Waals surface area contributed by atoms with Crippen LogP contribution in [0.1, 0.15) is 39.9 Å². The van der Waals surface area contributed by atoms with Crippen LogP contribution in [-0.4, -0.2) is 51.8 Å². The van der Waals surface area contributed by atoms with Gasteiger partial charge in [0.15, 0.2) is 5.96 Å². The lowest BCUT2D eigenvalue weighted by atomic mass is 10.1. The summed E-state index contributed by atoms with van der Waals surface area (Å²) in [7, 11) is 3.40.